The SMILES string of the molecule is COC(=O)C1(O)CCN(CCCOc2cccc(-c3cccc(COc4cc(OCc5cncc(S(C)(=O)=O)c5)c(CNC(CO)C(=O)O)cc4Cl)c3C)c2C)CC1. The third-order valence-corrected chi connectivity index (χ3v) is 11.6. The number of nitrogens with zero attached hydrogens (tertiary/aromatic N) is 2. The predicted octanol–water partition coefficient (Wildman–Crippen LogP) is 4.88. The van der Waals surface area contributed by atoms with Crippen LogP contribution in [0.3, 0.4) is 0 Å². The second-order valence-electron chi connectivity index (χ2n) is 14.3. The first-order valence-electron chi connectivity index (χ1n) is 18.8. The van der Waals surface area contributed by atoms with E-state index in [0.29, 0.717) is 55.2 Å². The number of aliphatic hydroxyl groups is 2. The van der Waals surface area contributed by atoms with E-state index in [0.717, 1.165) is 52.8 Å². The lowest BCUT2D eigenvalue weighted by atomic mass is 9.91. The Morgan fingerprint density at radius 3 is 2.29 bits per heavy atom. The van der Waals surface area contributed by atoms with Gasteiger partial charge in [-0.2, -0.15) is 0 Å². The Kier molecular flexibility index (Phi) is 15.1. The number of rotatable bonds is 19. The largest absolute Gasteiger partial charge is 0.493 e. The molecule has 1 aliphatic heterocycles. The molecule has 3 aromatic carbocycles. The molecule has 0 spiro atoms. The van der Waals surface area contributed by atoms with Gasteiger partial charge in [0.25, 0.3) is 0 Å². The number of methoxy groups -OCH3 is 1. The number of esters is 1. The highest BCUT2D eigenvalue weighted by Crippen LogP contribution is 2.36. The van der Waals surface area contributed by atoms with Crippen LogP contribution in [0.15, 0.2) is 71.9 Å². The molecule has 0 saturated carbocycles. The van der Waals surface area contributed by atoms with Crippen LogP contribution in [-0.2, 0) is 43.9 Å². The van der Waals surface area contributed by atoms with Crippen molar-refractivity contribution in [3.05, 3.63) is 99.8 Å². The van der Waals surface area contributed by atoms with Crippen molar-refractivity contribution in [1.29, 1.82) is 0 Å². The first-order chi connectivity index (χ1) is 27.6. The number of pyridine rings is 1. The highest BCUT2D eigenvalue weighted by atomic mass is 35.5. The molecule has 4 aromatic rings. The van der Waals surface area contributed by atoms with Crippen molar-refractivity contribution in [2.45, 2.75) is 69.4 Å². The van der Waals surface area contributed by atoms with E-state index >= 15 is 0 Å². The van der Waals surface area contributed by atoms with Crippen LogP contribution in [0.5, 0.6) is 17.2 Å². The molecule has 0 radical (unpaired) electrons. The minimum atomic E-state index is -3.50. The first-order valence-corrected chi connectivity index (χ1v) is 21.0. The molecule has 1 aliphatic rings. The fourth-order valence-electron chi connectivity index (χ4n) is 6.69. The minimum absolute atomic E-state index is 0.0140. The molecular weight excluding hydrogens is 790 g/mol. The lowest BCUT2D eigenvalue weighted by Crippen LogP contribution is -2.50. The summed E-state index contributed by atoms with van der Waals surface area (Å²) in [7, 11) is -2.21. The van der Waals surface area contributed by atoms with Crippen molar-refractivity contribution < 1.29 is 52.3 Å². The van der Waals surface area contributed by atoms with Crippen molar-refractivity contribution in [2.75, 3.05) is 46.2 Å². The molecule has 1 saturated heterocycles. The number of piperidine rings is 1. The molecule has 0 amide bonds. The Morgan fingerprint density at radius 2 is 1.62 bits per heavy atom. The van der Waals surface area contributed by atoms with E-state index < -0.39 is 40.0 Å². The maximum Gasteiger partial charge on any atom is 0.337 e. The lowest BCUT2D eigenvalue weighted by Gasteiger charge is -2.36. The van der Waals surface area contributed by atoms with E-state index in [4.69, 9.17) is 30.5 Å². The normalized spacial score (nSPS) is 14.7. The third kappa shape index (κ3) is 11.2. The first kappa shape index (κ1) is 44.3. The van der Waals surface area contributed by atoms with Gasteiger partial charge in [0.2, 0.25) is 0 Å². The molecule has 58 heavy (non-hydrogen) atoms. The van der Waals surface area contributed by atoms with Crippen LogP contribution >= 0.6 is 11.6 Å². The summed E-state index contributed by atoms with van der Waals surface area (Å²) in [6.07, 6.45) is 5.28. The van der Waals surface area contributed by atoms with Gasteiger partial charge < -0.3 is 39.2 Å². The van der Waals surface area contributed by atoms with Crippen LogP contribution in [0.25, 0.3) is 11.1 Å². The van der Waals surface area contributed by atoms with E-state index in [2.05, 4.69) is 15.2 Å². The number of halogens is 1. The zero-order valence-electron chi connectivity index (χ0n) is 33.0. The number of aliphatic hydroxyl groups excluding tert-OH is 1. The maximum atomic E-state index is 12.1. The quantitative estimate of drug-likeness (QED) is 0.0737. The highest BCUT2D eigenvalue weighted by molar-refractivity contribution is 7.90. The number of sulfone groups is 1. The summed E-state index contributed by atoms with van der Waals surface area (Å²) < 4.78 is 47.6. The zero-order valence-corrected chi connectivity index (χ0v) is 34.6. The standard InChI is InChI=1S/C42H50ClN3O11S/c1-27-30(8-5-9-33(27)34-10-6-11-37(28(34)2)55-17-7-14-46-15-12-42(51,13-16-46)41(50)54-3)26-57-39-20-38(31(19-35(39)43)22-45-36(24-47)40(48)49)56-25-29-18-32(23-44-21-29)58(4,52)53/h5-6,8-11,18-21,23,36,45,47,51H,7,12-17,22,24-26H2,1-4H3,(H,48,49). The molecule has 0 aliphatic carbocycles. The second kappa shape index (κ2) is 19.8. The summed E-state index contributed by atoms with van der Waals surface area (Å²) in [5.74, 6) is -0.418. The van der Waals surface area contributed by atoms with Crippen LogP contribution in [0.2, 0.25) is 5.02 Å². The molecule has 4 N–H and O–H groups in total. The summed E-state index contributed by atoms with van der Waals surface area (Å²) in [5.41, 5.74) is 4.48. The van der Waals surface area contributed by atoms with Gasteiger partial charge in [0.1, 0.15) is 36.5 Å². The summed E-state index contributed by atoms with van der Waals surface area (Å²) >= 11 is 6.70. The van der Waals surface area contributed by atoms with Crippen molar-refractivity contribution in [3.8, 4) is 28.4 Å². The number of ether oxygens (including phenoxy) is 4. The Bertz CT molecular complexity index is 2190. The number of hydrogen-bond acceptors (Lipinski definition) is 13. The van der Waals surface area contributed by atoms with Gasteiger partial charge in [-0.25, -0.2) is 13.2 Å². The maximum absolute atomic E-state index is 12.1. The average molecular weight is 840 g/mol. The summed E-state index contributed by atoms with van der Waals surface area (Å²) in [4.78, 5) is 29.7. The molecule has 0 bridgehead atoms. The van der Waals surface area contributed by atoms with Crippen molar-refractivity contribution in [3.63, 3.8) is 0 Å². The molecule has 16 heteroatoms. The van der Waals surface area contributed by atoms with Crippen molar-refractivity contribution >= 4 is 33.4 Å². The Labute approximate surface area is 343 Å². The number of carboxylic acid groups (broad SMARTS) is 1. The van der Waals surface area contributed by atoms with E-state index in [-0.39, 0.29) is 29.7 Å². The molecule has 1 atom stereocenters. The van der Waals surface area contributed by atoms with E-state index in [9.17, 15) is 33.3 Å². The Balaban J connectivity index is 1.27. The van der Waals surface area contributed by atoms with Crippen LogP contribution in [0.4, 0.5) is 0 Å². The van der Waals surface area contributed by atoms with Gasteiger partial charge in [-0.1, -0.05) is 41.9 Å². The summed E-state index contributed by atoms with van der Waals surface area (Å²) in [6.45, 7) is 5.98. The fourth-order valence-corrected chi connectivity index (χ4v) is 7.55. The van der Waals surface area contributed by atoms with Crippen molar-refractivity contribution in [1.82, 2.24) is 15.2 Å². The van der Waals surface area contributed by atoms with Crippen molar-refractivity contribution in [2.24, 2.45) is 0 Å². The summed E-state index contributed by atoms with van der Waals surface area (Å²) in [6, 6.07) is 15.4. The lowest BCUT2D eigenvalue weighted by molar-refractivity contribution is -0.167. The number of carboxylic acids is 1. The van der Waals surface area contributed by atoms with E-state index in [1.807, 2.05) is 50.2 Å². The highest BCUT2D eigenvalue weighted by Gasteiger charge is 2.40. The number of carbonyl (C=O) groups excluding carboxylic acids is 1. The fraction of sp³-hybridized carbons (Fsp3) is 0.405. The average Bonchev–Trinajstić information content (AvgIpc) is 3.20. The molecule has 1 unspecified atom stereocenters. The Hall–Kier alpha value is -4.77. The predicted molar refractivity (Wildman–Crippen MR) is 217 cm³/mol. The molecule has 1 fully saturated rings. The van der Waals surface area contributed by atoms with Gasteiger partial charge in [-0.05, 0) is 79.1 Å². The molecule has 312 valence electrons. The van der Waals surface area contributed by atoms with E-state index in [1.165, 1.54) is 25.6 Å². The molecular formula is C42H50ClN3O11S. The minimum Gasteiger partial charge on any atom is -0.493 e. The Morgan fingerprint density at radius 1 is 0.931 bits per heavy atom. The van der Waals surface area contributed by atoms with Crippen LogP contribution in [0.1, 0.15) is 47.1 Å². The molecule has 5 rings (SSSR count). The summed E-state index contributed by atoms with van der Waals surface area (Å²) in [5, 5.41) is 32.5. The van der Waals surface area contributed by atoms with Gasteiger partial charge in [0, 0.05) is 62.0 Å². The zero-order chi connectivity index (χ0) is 42.0. The molecule has 2 heterocycles. The van der Waals surface area contributed by atoms with Gasteiger partial charge >= 0.3 is 11.9 Å². The number of aromatic nitrogens is 1. The van der Waals surface area contributed by atoms with Crippen LogP contribution in [0, 0.1) is 13.8 Å². The smallest absolute Gasteiger partial charge is 0.337 e. The third-order valence-electron chi connectivity index (χ3n) is 10.3. The van der Waals surface area contributed by atoms with Crippen LogP contribution < -0.4 is 19.5 Å². The van der Waals surface area contributed by atoms with Crippen LogP contribution in [-0.4, -0.2) is 103 Å². The number of likely N-dealkylation sites (tertiary alicyclic amines) is 1. The van der Waals surface area contributed by atoms with Gasteiger partial charge in [0.15, 0.2) is 15.4 Å². The molecule has 14 nitrogen and oxygen atoms in total. The van der Waals surface area contributed by atoms with E-state index in [1.54, 1.807) is 12.1 Å². The number of benzene rings is 3. The second-order valence-corrected chi connectivity index (χ2v) is 16.7. The monoisotopic (exact) mass is 839 g/mol. The van der Waals surface area contributed by atoms with Gasteiger partial charge in [0.05, 0.1) is 30.2 Å². The number of aliphatic carboxylic acids is 1. The number of nitrogens with one attached hydrogen (secondary N) is 1. The number of carbonyl (C=O) groups is 2. The van der Waals surface area contributed by atoms with Gasteiger partial charge in [-0.15, -0.1) is 0 Å². The topological polar surface area (TPSA) is 194 Å². The number of hydrogen-bond donors (Lipinski definition) is 4. The van der Waals surface area contributed by atoms with Gasteiger partial charge in [-0.3, -0.25) is 15.1 Å². The molecule has 1 aromatic heterocycles.